The number of rotatable bonds is 4. The first-order valence-corrected chi connectivity index (χ1v) is 5.79. The van der Waals surface area contributed by atoms with E-state index < -0.39 is 0 Å². The molecule has 1 heterocycles. The lowest BCUT2D eigenvalue weighted by Crippen LogP contribution is -2.41. The summed E-state index contributed by atoms with van der Waals surface area (Å²) in [6.45, 7) is 5.82. The Kier molecular flexibility index (Phi) is 4.75. The third kappa shape index (κ3) is 3.88. The lowest BCUT2D eigenvalue weighted by atomic mass is 10.1. The second kappa shape index (κ2) is 5.61. The van der Waals surface area contributed by atoms with E-state index in [1.807, 2.05) is 0 Å². The van der Waals surface area contributed by atoms with Crippen molar-refractivity contribution in [1.82, 2.24) is 10.6 Å². The summed E-state index contributed by atoms with van der Waals surface area (Å²) >= 11 is 4.45. The molecular weight excluding hydrogens is 196 g/mol. The second-order valence-electron chi connectivity index (χ2n) is 4.32. The molecular formula is C10H20N2OS. The summed E-state index contributed by atoms with van der Waals surface area (Å²) in [5.74, 6) is 0.576. The zero-order chi connectivity index (χ0) is 10.6. The smallest absolute Gasteiger partial charge is 0.220 e. The number of amides is 1. The van der Waals surface area contributed by atoms with E-state index in [0.29, 0.717) is 30.2 Å². The highest BCUT2D eigenvalue weighted by molar-refractivity contribution is 7.81. The van der Waals surface area contributed by atoms with Gasteiger partial charge in [0.05, 0.1) is 0 Å². The molecule has 1 rings (SSSR count). The molecule has 4 heteroatoms. The number of carbonyl (C=O) groups excluding carboxylic acids is 1. The van der Waals surface area contributed by atoms with E-state index in [9.17, 15) is 4.79 Å². The summed E-state index contributed by atoms with van der Waals surface area (Å²) in [5, 5.41) is 6.64. The van der Waals surface area contributed by atoms with Crippen molar-refractivity contribution in [2.24, 2.45) is 5.92 Å². The Morgan fingerprint density at radius 2 is 2.36 bits per heavy atom. The zero-order valence-electron chi connectivity index (χ0n) is 8.92. The average molecular weight is 216 g/mol. The minimum atomic E-state index is 0.147. The highest BCUT2D eigenvalue weighted by Gasteiger charge is 2.23. The standard InChI is InChI=1S/C10H20N2OS/c1-7(2)5-10(13)12-6-8-9(14)3-4-11-8/h7-9,11,14H,3-6H2,1-2H3,(H,12,13). The molecule has 0 aromatic heterocycles. The van der Waals surface area contributed by atoms with Gasteiger partial charge in [-0.25, -0.2) is 0 Å². The van der Waals surface area contributed by atoms with E-state index in [2.05, 4.69) is 37.1 Å². The normalized spacial score (nSPS) is 26.9. The maximum Gasteiger partial charge on any atom is 0.220 e. The quantitative estimate of drug-likeness (QED) is 0.609. The van der Waals surface area contributed by atoms with Crippen LogP contribution in [0.15, 0.2) is 0 Å². The number of nitrogens with one attached hydrogen (secondary N) is 2. The zero-order valence-corrected chi connectivity index (χ0v) is 9.81. The van der Waals surface area contributed by atoms with Crippen molar-refractivity contribution in [3.05, 3.63) is 0 Å². The van der Waals surface area contributed by atoms with Crippen LogP contribution in [0.5, 0.6) is 0 Å². The topological polar surface area (TPSA) is 41.1 Å². The molecule has 2 unspecified atom stereocenters. The molecule has 2 atom stereocenters. The van der Waals surface area contributed by atoms with Crippen LogP contribution in [0.3, 0.4) is 0 Å². The highest BCUT2D eigenvalue weighted by Crippen LogP contribution is 2.12. The Bertz CT molecular complexity index is 197. The van der Waals surface area contributed by atoms with Crippen molar-refractivity contribution >= 4 is 18.5 Å². The molecule has 0 saturated carbocycles. The van der Waals surface area contributed by atoms with Crippen LogP contribution in [-0.4, -0.2) is 30.3 Å². The molecule has 1 aliphatic rings. The molecule has 82 valence electrons. The molecule has 0 spiro atoms. The van der Waals surface area contributed by atoms with Gasteiger partial charge in [-0.05, 0) is 18.9 Å². The SMILES string of the molecule is CC(C)CC(=O)NCC1NCCC1S. The molecule has 1 aliphatic heterocycles. The Morgan fingerprint density at radius 3 is 2.86 bits per heavy atom. The number of hydrogen-bond donors (Lipinski definition) is 3. The molecule has 1 amide bonds. The Balaban J connectivity index is 2.16. The van der Waals surface area contributed by atoms with Gasteiger partial charge in [0.2, 0.25) is 5.91 Å². The largest absolute Gasteiger partial charge is 0.354 e. The van der Waals surface area contributed by atoms with E-state index >= 15 is 0 Å². The van der Waals surface area contributed by atoms with E-state index in [1.165, 1.54) is 0 Å². The number of carbonyl (C=O) groups is 1. The van der Waals surface area contributed by atoms with Crippen LogP contribution in [0.2, 0.25) is 0 Å². The van der Waals surface area contributed by atoms with Gasteiger partial charge in [-0.2, -0.15) is 12.6 Å². The van der Waals surface area contributed by atoms with Crippen molar-refractivity contribution in [2.75, 3.05) is 13.1 Å². The van der Waals surface area contributed by atoms with E-state index in [-0.39, 0.29) is 5.91 Å². The summed E-state index contributed by atoms with van der Waals surface area (Å²) in [4.78, 5) is 11.4. The molecule has 1 saturated heterocycles. The van der Waals surface area contributed by atoms with Gasteiger partial charge in [-0.15, -0.1) is 0 Å². The van der Waals surface area contributed by atoms with Gasteiger partial charge < -0.3 is 10.6 Å². The van der Waals surface area contributed by atoms with Crippen LogP contribution in [0.4, 0.5) is 0 Å². The monoisotopic (exact) mass is 216 g/mol. The van der Waals surface area contributed by atoms with Gasteiger partial charge in [0.1, 0.15) is 0 Å². The van der Waals surface area contributed by atoms with Crippen molar-refractivity contribution in [1.29, 1.82) is 0 Å². The van der Waals surface area contributed by atoms with Gasteiger partial charge in [0.15, 0.2) is 0 Å². The minimum absolute atomic E-state index is 0.147. The fourth-order valence-corrected chi connectivity index (χ4v) is 1.97. The van der Waals surface area contributed by atoms with Crippen LogP contribution in [0.1, 0.15) is 26.7 Å². The van der Waals surface area contributed by atoms with Gasteiger partial charge in [0.25, 0.3) is 0 Å². The summed E-state index contributed by atoms with van der Waals surface area (Å²) in [6, 6.07) is 0.342. The lowest BCUT2D eigenvalue weighted by molar-refractivity contribution is -0.121. The maximum absolute atomic E-state index is 11.4. The first-order valence-electron chi connectivity index (χ1n) is 5.27. The summed E-state index contributed by atoms with van der Waals surface area (Å²) in [7, 11) is 0. The van der Waals surface area contributed by atoms with Crippen molar-refractivity contribution in [2.45, 2.75) is 38.0 Å². The lowest BCUT2D eigenvalue weighted by Gasteiger charge is -2.16. The number of thiol groups is 1. The molecule has 0 bridgehead atoms. The van der Waals surface area contributed by atoms with Crippen LogP contribution >= 0.6 is 12.6 Å². The van der Waals surface area contributed by atoms with Crippen LogP contribution in [0, 0.1) is 5.92 Å². The number of hydrogen-bond acceptors (Lipinski definition) is 3. The maximum atomic E-state index is 11.4. The van der Waals surface area contributed by atoms with Gasteiger partial charge in [0, 0.05) is 24.3 Å². The van der Waals surface area contributed by atoms with Crippen molar-refractivity contribution in [3.63, 3.8) is 0 Å². The third-order valence-electron chi connectivity index (χ3n) is 2.42. The van der Waals surface area contributed by atoms with Crippen LogP contribution in [-0.2, 0) is 4.79 Å². The van der Waals surface area contributed by atoms with Crippen molar-refractivity contribution < 1.29 is 4.79 Å². The fraction of sp³-hybridized carbons (Fsp3) is 0.900. The van der Waals surface area contributed by atoms with Gasteiger partial charge in [-0.3, -0.25) is 4.79 Å². The molecule has 0 aromatic rings. The Hall–Kier alpha value is -0.220. The van der Waals surface area contributed by atoms with Gasteiger partial charge in [-0.1, -0.05) is 13.8 Å². The Labute approximate surface area is 91.4 Å². The fourth-order valence-electron chi connectivity index (χ4n) is 1.63. The summed E-state index contributed by atoms with van der Waals surface area (Å²) < 4.78 is 0. The third-order valence-corrected chi connectivity index (χ3v) is 3.04. The molecule has 3 nitrogen and oxygen atoms in total. The predicted molar refractivity (Wildman–Crippen MR) is 61.6 cm³/mol. The highest BCUT2D eigenvalue weighted by atomic mass is 32.1. The van der Waals surface area contributed by atoms with Crippen LogP contribution < -0.4 is 10.6 Å². The molecule has 0 aliphatic carbocycles. The van der Waals surface area contributed by atoms with Gasteiger partial charge >= 0.3 is 0 Å². The summed E-state index contributed by atoms with van der Waals surface area (Å²) in [6.07, 6.45) is 1.71. The molecule has 0 aromatic carbocycles. The van der Waals surface area contributed by atoms with Crippen LogP contribution in [0.25, 0.3) is 0 Å². The average Bonchev–Trinajstić information content (AvgIpc) is 2.46. The molecule has 0 radical (unpaired) electrons. The first-order chi connectivity index (χ1) is 6.59. The van der Waals surface area contributed by atoms with E-state index in [0.717, 1.165) is 13.0 Å². The minimum Gasteiger partial charge on any atom is -0.354 e. The molecule has 2 N–H and O–H groups in total. The predicted octanol–water partition coefficient (Wildman–Crippen LogP) is 0.809. The Morgan fingerprint density at radius 1 is 1.64 bits per heavy atom. The summed E-state index contributed by atoms with van der Waals surface area (Å²) in [5.41, 5.74) is 0. The second-order valence-corrected chi connectivity index (χ2v) is 4.98. The van der Waals surface area contributed by atoms with E-state index in [1.54, 1.807) is 0 Å². The first kappa shape index (κ1) is 11.9. The molecule has 1 fully saturated rings. The van der Waals surface area contributed by atoms with Crippen molar-refractivity contribution in [3.8, 4) is 0 Å². The molecule has 14 heavy (non-hydrogen) atoms. The van der Waals surface area contributed by atoms with E-state index in [4.69, 9.17) is 0 Å².